The average molecular weight is 1490 g/mol. The summed E-state index contributed by atoms with van der Waals surface area (Å²) in [7, 11) is -1.04. The number of para-hydroxylation sites is 2. The third kappa shape index (κ3) is 22.1. The van der Waals surface area contributed by atoms with Crippen molar-refractivity contribution in [3.63, 3.8) is 0 Å². The molecule has 4 aliphatic carbocycles. The van der Waals surface area contributed by atoms with E-state index in [-0.39, 0.29) is 98.9 Å². The van der Waals surface area contributed by atoms with Crippen molar-refractivity contribution < 1.29 is 87.0 Å². The number of amides is 3. The molecule has 3 amide bonds. The molecule has 2 aliphatic heterocycles. The number of aryl methyl sites for hydroxylation is 4. The van der Waals surface area contributed by atoms with Gasteiger partial charge in [-0.15, -0.1) is 0 Å². The number of halogens is 13. The van der Waals surface area contributed by atoms with Crippen molar-refractivity contribution in [2.75, 3.05) is 45.4 Å². The van der Waals surface area contributed by atoms with Crippen LogP contribution in [0.5, 0.6) is 0 Å². The summed E-state index contributed by atoms with van der Waals surface area (Å²) in [5, 5.41) is 28.8. The number of benzene rings is 6. The van der Waals surface area contributed by atoms with Gasteiger partial charge in [0.2, 0.25) is 17.7 Å². The van der Waals surface area contributed by atoms with Crippen LogP contribution in [0, 0.1) is 50.4 Å². The van der Waals surface area contributed by atoms with E-state index in [1.54, 1.807) is 28.0 Å². The third-order valence-electron chi connectivity index (χ3n) is 18.5. The Balaban J connectivity index is 0.000000233. The maximum Gasteiger partial charge on any atom is 0.454 e. The zero-order valence-corrected chi connectivity index (χ0v) is 57.5. The zero-order chi connectivity index (χ0) is 73.8. The molecule has 2 atom stereocenters. The highest BCUT2D eigenvalue weighted by molar-refractivity contribution is 9.10. The van der Waals surface area contributed by atoms with Crippen LogP contribution < -0.4 is 32.3 Å². The standard InChI is InChI=1S/C26H29F3N2O2.C16H21NO3.2C10H10F3N.C7H5BrF3N.C3H7BO2.2CH4/c1-15(2)25(13-22(32)31(14-25)23-16(3)6-5-7-17(23)4)24(33)30-21-11-19(18-8-9-18)10-20(12-21)26(27,28)29;1-10(2)16(15(19)20)8-13(18)17(9-16)14-11(3)6-5-7-12(14)4;2*11-10(12,13)8-3-7(6-1-2-6)4-9(14)5-8;8-5-1-4(7(9,10)11)2-6(12)3-5;5-4(6)3-1-2-3;;/h5-7,10-12,15,18H,8-9,13-14H2,1-4H3,(H,30,33);5-7,10H,8-9H2,1-4H3,(H,19,20);2*3-6H,1-2,14H2;1-3H,12H2;3,5-6H,1-2H2;2*1H4/t25-;16-;;;;;;/m00....../s1. The smallest absolute Gasteiger partial charge is 0.454 e. The molecule has 0 radical (unpaired) electrons. The van der Waals surface area contributed by atoms with Crippen molar-refractivity contribution in [2.24, 2.45) is 22.7 Å². The first kappa shape index (κ1) is 83.9. The molecule has 10 N–H and O–H groups in total. The summed E-state index contributed by atoms with van der Waals surface area (Å²) in [6.07, 6.45) is -9.74. The SMILES string of the molecule is C.C.Cc1cccc(C)c1N1C[C@](C(=O)Nc2cc(C3CC3)cc(C(F)(F)F)c2)(C(C)C)CC1=O.Cc1cccc(C)c1N1C[C@](C(=O)O)(C(C)C)CC1=O.Nc1cc(Br)cc(C(F)(F)F)c1.Nc1cc(C2CC2)cc(C(F)(F)F)c1.Nc1cc(C2CC2)cc(C(F)(F)F)c1.OB(O)C1CC1. The molecular weight excluding hydrogens is 1400 g/mol. The lowest BCUT2D eigenvalue weighted by Gasteiger charge is -2.32. The van der Waals surface area contributed by atoms with E-state index in [2.05, 4.69) is 21.2 Å². The van der Waals surface area contributed by atoms with Crippen molar-refractivity contribution in [2.45, 2.75) is 183 Å². The highest BCUT2D eigenvalue weighted by Crippen LogP contribution is 2.49. The highest BCUT2D eigenvalue weighted by atomic mass is 79.9. The molecule has 12 rings (SSSR count). The first-order valence-corrected chi connectivity index (χ1v) is 33.1. The van der Waals surface area contributed by atoms with E-state index in [1.807, 2.05) is 91.8 Å². The summed E-state index contributed by atoms with van der Waals surface area (Å²) in [6.45, 7) is 15.7. The number of carboxylic acids is 1. The van der Waals surface area contributed by atoms with Crippen molar-refractivity contribution >= 4 is 80.9 Å². The van der Waals surface area contributed by atoms with E-state index in [9.17, 15) is 77.0 Å². The van der Waals surface area contributed by atoms with Crippen LogP contribution in [0.3, 0.4) is 0 Å². The molecule has 0 bridgehead atoms. The molecule has 6 fully saturated rings. The van der Waals surface area contributed by atoms with Gasteiger partial charge < -0.3 is 47.5 Å². The molecule has 27 heteroatoms. The monoisotopic (exact) mass is 1490 g/mol. The third-order valence-corrected chi connectivity index (χ3v) is 19.0. The van der Waals surface area contributed by atoms with Crippen LogP contribution in [0.4, 0.5) is 86.8 Å². The van der Waals surface area contributed by atoms with Crippen molar-refractivity contribution in [1.82, 2.24) is 0 Å². The number of nitrogens with one attached hydrogen (secondary N) is 1. The summed E-state index contributed by atoms with van der Waals surface area (Å²) >= 11 is 2.93. The Labute approximate surface area is 590 Å². The van der Waals surface area contributed by atoms with Crippen LogP contribution in [0.2, 0.25) is 5.82 Å². The molecule has 2 heterocycles. The van der Waals surface area contributed by atoms with Gasteiger partial charge in [0.1, 0.15) is 0 Å². The van der Waals surface area contributed by atoms with E-state index in [0.29, 0.717) is 21.9 Å². The van der Waals surface area contributed by atoms with Crippen molar-refractivity contribution in [3.8, 4) is 0 Å². The normalized spacial score (nSPS) is 18.7. The quantitative estimate of drug-likeness (QED) is 0.0369. The van der Waals surface area contributed by atoms with Gasteiger partial charge in [-0.2, -0.15) is 52.7 Å². The second-order valence-electron chi connectivity index (χ2n) is 27.1. The van der Waals surface area contributed by atoms with E-state index >= 15 is 0 Å². The highest BCUT2D eigenvalue weighted by Gasteiger charge is 2.54. The van der Waals surface area contributed by atoms with Gasteiger partial charge in [-0.05, 0) is 213 Å². The minimum atomic E-state index is -4.50. The molecule has 0 unspecified atom stereocenters. The number of nitrogens with two attached hydrogens (primary N) is 3. The number of aliphatic carboxylic acids is 1. The maximum absolute atomic E-state index is 13.6. The predicted octanol–water partition coefficient (Wildman–Crippen LogP) is 19.3. The summed E-state index contributed by atoms with van der Waals surface area (Å²) < 4.78 is 151. The maximum atomic E-state index is 13.6. The van der Waals surface area contributed by atoms with E-state index in [1.165, 1.54) is 24.3 Å². The molecule has 13 nitrogen and oxygen atoms in total. The summed E-state index contributed by atoms with van der Waals surface area (Å²) in [4.78, 5) is 54.0. The molecule has 6 aromatic rings. The number of nitrogens with zero attached hydrogens (tertiary/aromatic N) is 2. The number of carbonyl (C=O) groups excluding carboxylic acids is 3. The Kier molecular flexibility index (Phi) is 27.5. The van der Waals surface area contributed by atoms with Gasteiger partial charge in [-0.3, -0.25) is 19.2 Å². The fraction of sp³-hybridized carbons (Fsp3) is 0.459. The van der Waals surface area contributed by atoms with Crippen LogP contribution >= 0.6 is 15.9 Å². The second-order valence-corrected chi connectivity index (χ2v) is 28.0. The lowest BCUT2D eigenvalue weighted by atomic mass is 9.75. The van der Waals surface area contributed by atoms with Gasteiger partial charge in [-0.25, -0.2) is 0 Å². The largest absolute Gasteiger partial charge is 0.481 e. The van der Waals surface area contributed by atoms with Crippen LogP contribution in [0.1, 0.15) is 186 Å². The van der Waals surface area contributed by atoms with Crippen LogP contribution in [-0.4, -0.2) is 59.1 Å². The molecule has 101 heavy (non-hydrogen) atoms. The number of anilines is 6. The van der Waals surface area contributed by atoms with Gasteiger partial charge in [0.05, 0.1) is 33.1 Å². The Morgan fingerprint density at radius 1 is 0.505 bits per heavy atom. The molecule has 6 aromatic carbocycles. The lowest BCUT2D eigenvalue weighted by Crippen LogP contribution is -2.43. The average Bonchev–Trinajstić information content (AvgIpc) is 1.62. The number of hydrogen-bond acceptors (Lipinski definition) is 9. The minimum absolute atomic E-state index is 0. The number of rotatable bonds is 11. The number of nitrogen functional groups attached to an aromatic ring is 3. The summed E-state index contributed by atoms with van der Waals surface area (Å²) in [5.74, 6) is -0.922. The fourth-order valence-corrected chi connectivity index (χ4v) is 12.5. The molecular formula is C74H90BBrF12N6O7. The Morgan fingerprint density at radius 3 is 1.11 bits per heavy atom. The number of alkyl halides is 12. The zero-order valence-electron chi connectivity index (χ0n) is 55.9. The molecule has 552 valence electrons. The van der Waals surface area contributed by atoms with E-state index in [4.69, 9.17) is 27.2 Å². The fourth-order valence-electron chi connectivity index (χ4n) is 12.0. The number of carbonyl (C=O) groups is 4. The molecule has 0 spiro atoms. The molecule has 6 aliphatic rings. The second kappa shape index (κ2) is 33.1. The predicted molar refractivity (Wildman–Crippen MR) is 376 cm³/mol. The number of carboxylic acid groups (broad SMARTS) is 1. The van der Waals surface area contributed by atoms with Gasteiger partial charge in [0, 0.05) is 64.5 Å². The van der Waals surface area contributed by atoms with Gasteiger partial charge >= 0.3 is 37.8 Å². The molecule has 2 saturated heterocycles. The number of hydrogen-bond donors (Lipinski definition) is 7. The van der Waals surface area contributed by atoms with E-state index < -0.39 is 76.8 Å². The minimum Gasteiger partial charge on any atom is -0.481 e. The summed E-state index contributed by atoms with van der Waals surface area (Å²) in [6, 6.07) is 26.3. The topological polar surface area (TPSA) is 226 Å². The molecule has 0 aromatic heterocycles. The lowest BCUT2D eigenvalue weighted by molar-refractivity contribution is -0.151. The Morgan fingerprint density at radius 2 is 0.822 bits per heavy atom. The van der Waals surface area contributed by atoms with Crippen LogP contribution in [0.15, 0.2) is 114 Å². The van der Waals surface area contributed by atoms with Gasteiger partial charge in [-0.1, -0.05) is 108 Å². The summed E-state index contributed by atoms with van der Waals surface area (Å²) in [5.41, 5.74) is 19.5. The van der Waals surface area contributed by atoms with Crippen LogP contribution in [0.25, 0.3) is 0 Å². The van der Waals surface area contributed by atoms with E-state index in [0.717, 1.165) is 126 Å². The van der Waals surface area contributed by atoms with Crippen molar-refractivity contribution in [3.05, 3.63) is 175 Å². The Hall–Kier alpha value is -7.78. The first-order valence-electron chi connectivity index (χ1n) is 32.3. The van der Waals surface area contributed by atoms with Gasteiger partial charge in [0.15, 0.2) is 0 Å². The van der Waals surface area contributed by atoms with Gasteiger partial charge in [0.25, 0.3) is 0 Å². The Bertz CT molecular complexity index is 3770. The first-order chi connectivity index (χ1) is 45.8. The van der Waals surface area contributed by atoms with Crippen LogP contribution in [-0.2, 0) is 43.9 Å². The molecule has 4 saturated carbocycles. The van der Waals surface area contributed by atoms with Crippen molar-refractivity contribution in [1.29, 1.82) is 0 Å².